The van der Waals surface area contributed by atoms with Crippen LogP contribution in [0.1, 0.15) is 0 Å². The van der Waals surface area contributed by atoms with Gasteiger partial charge in [-0.1, -0.05) is 22.9 Å². The van der Waals surface area contributed by atoms with Crippen molar-refractivity contribution >= 4 is 38.8 Å². The molecule has 0 radical (unpaired) electrons. The molecule has 0 aliphatic carbocycles. The molecule has 1 aromatic heterocycles. The zero-order valence-corrected chi connectivity index (χ0v) is 7.50. The van der Waals surface area contributed by atoms with Crippen molar-refractivity contribution < 1.29 is 0 Å². The van der Waals surface area contributed by atoms with Crippen molar-refractivity contribution in [3.05, 3.63) is 26.8 Å². The predicted molar refractivity (Wildman–Crippen MR) is 51.9 cm³/mol. The summed E-state index contributed by atoms with van der Waals surface area (Å²) in [7, 11) is 0. The van der Waals surface area contributed by atoms with Crippen LogP contribution >= 0.6 is 22.9 Å². The number of aromatic amines is 1. The van der Waals surface area contributed by atoms with Gasteiger partial charge in [-0.2, -0.15) is 0 Å². The predicted octanol–water partition coefficient (Wildman–Crippen LogP) is 1.83. The molecule has 3 N–H and O–H groups in total. The lowest BCUT2D eigenvalue weighted by Crippen LogP contribution is -1.90. The zero-order chi connectivity index (χ0) is 8.72. The van der Waals surface area contributed by atoms with E-state index < -0.39 is 0 Å². The van der Waals surface area contributed by atoms with Gasteiger partial charge in [-0.05, 0) is 12.1 Å². The van der Waals surface area contributed by atoms with Crippen LogP contribution < -0.4 is 10.6 Å². The Morgan fingerprint density at radius 2 is 2.25 bits per heavy atom. The van der Waals surface area contributed by atoms with E-state index in [4.69, 9.17) is 17.3 Å². The fraction of sp³-hybridized carbons (Fsp3) is 0. The quantitative estimate of drug-likeness (QED) is 0.638. The van der Waals surface area contributed by atoms with E-state index in [0.29, 0.717) is 16.2 Å². The van der Waals surface area contributed by atoms with Crippen LogP contribution in [0.3, 0.4) is 0 Å². The lowest BCUT2D eigenvalue weighted by molar-refractivity contribution is 1.41. The zero-order valence-electron chi connectivity index (χ0n) is 5.93. The number of H-pyrrole nitrogens is 1. The highest BCUT2D eigenvalue weighted by Crippen LogP contribution is 2.26. The average molecular weight is 201 g/mol. The standard InChI is InChI=1S/C7H5ClN2OS/c8-4-1-3(9)2-5-6(4)12-7(11)10-5/h1-2H,9H2,(H,10,11). The number of nitrogens with one attached hydrogen (secondary N) is 1. The molecule has 0 aliphatic rings. The number of benzene rings is 1. The molecule has 0 unspecified atom stereocenters. The summed E-state index contributed by atoms with van der Waals surface area (Å²) in [5, 5.41) is 0.522. The van der Waals surface area contributed by atoms with Crippen molar-refractivity contribution in [2.24, 2.45) is 0 Å². The topological polar surface area (TPSA) is 58.9 Å². The minimum atomic E-state index is -0.113. The van der Waals surface area contributed by atoms with Crippen LogP contribution in [0.4, 0.5) is 5.69 Å². The van der Waals surface area contributed by atoms with Crippen LogP contribution in [0.2, 0.25) is 5.02 Å². The van der Waals surface area contributed by atoms with Crippen molar-refractivity contribution in [3.8, 4) is 0 Å². The summed E-state index contributed by atoms with van der Waals surface area (Å²) >= 11 is 6.94. The molecule has 2 aromatic rings. The smallest absolute Gasteiger partial charge is 0.305 e. The lowest BCUT2D eigenvalue weighted by Gasteiger charge is -1.94. The number of nitrogen functional groups attached to an aromatic ring is 1. The van der Waals surface area contributed by atoms with Gasteiger partial charge in [-0.25, -0.2) is 0 Å². The summed E-state index contributed by atoms with van der Waals surface area (Å²) in [6.07, 6.45) is 0. The Morgan fingerprint density at radius 3 is 3.00 bits per heavy atom. The van der Waals surface area contributed by atoms with Crippen LogP contribution in [0.25, 0.3) is 10.2 Å². The fourth-order valence-corrected chi connectivity index (χ4v) is 2.11. The van der Waals surface area contributed by atoms with Gasteiger partial charge in [0.1, 0.15) is 0 Å². The number of fused-ring (bicyclic) bond motifs is 1. The fourth-order valence-electron chi connectivity index (χ4n) is 1.04. The Labute approximate surface area is 76.8 Å². The number of thiazole rings is 1. The number of hydrogen-bond acceptors (Lipinski definition) is 3. The molecule has 0 atom stereocenters. The Morgan fingerprint density at radius 1 is 1.50 bits per heavy atom. The van der Waals surface area contributed by atoms with Gasteiger partial charge in [-0.15, -0.1) is 0 Å². The average Bonchev–Trinajstić information content (AvgIpc) is 2.29. The second kappa shape index (κ2) is 2.50. The summed E-state index contributed by atoms with van der Waals surface area (Å²) in [5.41, 5.74) is 6.79. The second-order valence-electron chi connectivity index (χ2n) is 2.39. The Kier molecular flexibility index (Phi) is 1.59. The highest BCUT2D eigenvalue weighted by atomic mass is 35.5. The molecule has 0 spiro atoms. The maximum absolute atomic E-state index is 10.9. The van der Waals surface area contributed by atoms with E-state index in [2.05, 4.69) is 4.98 Å². The van der Waals surface area contributed by atoms with Crippen molar-refractivity contribution in [2.75, 3.05) is 5.73 Å². The Balaban J connectivity index is 2.97. The molecule has 1 heterocycles. The first-order chi connectivity index (χ1) is 5.66. The maximum Gasteiger partial charge on any atom is 0.305 e. The van der Waals surface area contributed by atoms with Gasteiger partial charge in [0.2, 0.25) is 0 Å². The van der Waals surface area contributed by atoms with Crippen LogP contribution in [0.5, 0.6) is 0 Å². The summed E-state index contributed by atoms with van der Waals surface area (Å²) in [4.78, 5) is 13.4. The van der Waals surface area contributed by atoms with Gasteiger partial charge in [0, 0.05) is 5.69 Å². The van der Waals surface area contributed by atoms with Gasteiger partial charge in [0.05, 0.1) is 15.2 Å². The van der Waals surface area contributed by atoms with Gasteiger partial charge >= 0.3 is 4.87 Å². The van der Waals surface area contributed by atoms with Crippen molar-refractivity contribution in [2.45, 2.75) is 0 Å². The van der Waals surface area contributed by atoms with Crippen molar-refractivity contribution in [1.82, 2.24) is 4.98 Å². The molecule has 62 valence electrons. The first-order valence-electron chi connectivity index (χ1n) is 3.24. The van der Waals surface area contributed by atoms with Crippen LogP contribution in [-0.4, -0.2) is 4.98 Å². The third kappa shape index (κ3) is 1.09. The molecule has 12 heavy (non-hydrogen) atoms. The van der Waals surface area contributed by atoms with Gasteiger partial charge in [0.25, 0.3) is 0 Å². The highest BCUT2D eigenvalue weighted by Gasteiger charge is 2.03. The summed E-state index contributed by atoms with van der Waals surface area (Å²) in [5.74, 6) is 0. The van der Waals surface area contributed by atoms with Crippen molar-refractivity contribution in [3.63, 3.8) is 0 Å². The second-order valence-corrected chi connectivity index (χ2v) is 3.78. The molecular formula is C7H5ClN2OS. The lowest BCUT2D eigenvalue weighted by atomic mass is 10.3. The number of anilines is 1. The molecule has 0 fully saturated rings. The van der Waals surface area contributed by atoms with E-state index in [1.165, 1.54) is 0 Å². The van der Waals surface area contributed by atoms with Crippen molar-refractivity contribution in [1.29, 1.82) is 0 Å². The normalized spacial score (nSPS) is 10.8. The minimum absolute atomic E-state index is 0.113. The molecule has 1 aromatic carbocycles. The summed E-state index contributed by atoms with van der Waals surface area (Å²) < 4.78 is 0.760. The molecule has 0 saturated carbocycles. The Bertz CT molecular complexity index is 488. The number of halogens is 1. The maximum atomic E-state index is 10.9. The first kappa shape index (κ1) is 7.64. The molecule has 0 saturated heterocycles. The SMILES string of the molecule is Nc1cc(Cl)c2sc(=O)[nH]c2c1. The van der Waals surface area contributed by atoms with Crippen LogP contribution in [0.15, 0.2) is 16.9 Å². The van der Waals surface area contributed by atoms with Crippen LogP contribution in [0, 0.1) is 0 Å². The third-order valence-electron chi connectivity index (χ3n) is 1.50. The van der Waals surface area contributed by atoms with Gasteiger partial charge < -0.3 is 10.7 Å². The van der Waals surface area contributed by atoms with E-state index in [9.17, 15) is 4.79 Å². The van der Waals surface area contributed by atoms with E-state index in [0.717, 1.165) is 16.0 Å². The molecule has 0 amide bonds. The van der Waals surface area contributed by atoms with E-state index in [1.54, 1.807) is 12.1 Å². The van der Waals surface area contributed by atoms with E-state index >= 15 is 0 Å². The first-order valence-corrected chi connectivity index (χ1v) is 4.44. The van der Waals surface area contributed by atoms with Crippen LogP contribution in [-0.2, 0) is 0 Å². The van der Waals surface area contributed by atoms with Gasteiger partial charge in [-0.3, -0.25) is 4.79 Å². The monoisotopic (exact) mass is 200 g/mol. The number of rotatable bonds is 0. The number of nitrogens with two attached hydrogens (primary N) is 1. The summed E-state index contributed by atoms with van der Waals surface area (Å²) in [6.45, 7) is 0. The molecule has 0 aliphatic heterocycles. The molecule has 2 rings (SSSR count). The minimum Gasteiger partial charge on any atom is -0.399 e. The molecular weight excluding hydrogens is 196 g/mol. The summed E-state index contributed by atoms with van der Waals surface area (Å²) in [6, 6.07) is 3.33. The third-order valence-corrected chi connectivity index (χ3v) is 2.84. The Hall–Kier alpha value is -1.00. The van der Waals surface area contributed by atoms with E-state index in [-0.39, 0.29) is 4.87 Å². The van der Waals surface area contributed by atoms with E-state index in [1.807, 2.05) is 0 Å². The number of aromatic nitrogens is 1. The largest absolute Gasteiger partial charge is 0.399 e. The van der Waals surface area contributed by atoms with Gasteiger partial charge in [0.15, 0.2) is 0 Å². The molecule has 3 nitrogen and oxygen atoms in total. The molecule has 0 bridgehead atoms. The molecule has 5 heteroatoms. The number of hydrogen-bond donors (Lipinski definition) is 2. The highest BCUT2D eigenvalue weighted by molar-refractivity contribution is 7.17.